The predicted molar refractivity (Wildman–Crippen MR) is 103 cm³/mol. The number of H-pyrrole nitrogens is 1. The zero-order chi connectivity index (χ0) is 17.1. The normalized spacial score (nSPS) is 18.3. The largest absolute Gasteiger partial charge is 0.361 e. The lowest BCUT2D eigenvalue weighted by atomic mass is 10.1. The smallest absolute Gasteiger partial charge is 0.319 e. The van der Waals surface area contributed by atoms with E-state index in [0.717, 1.165) is 49.1 Å². The Labute approximate surface area is 151 Å². The van der Waals surface area contributed by atoms with E-state index in [0.29, 0.717) is 0 Å². The van der Waals surface area contributed by atoms with Gasteiger partial charge in [-0.2, -0.15) is 0 Å². The van der Waals surface area contributed by atoms with Crippen molar-refractivity contribution in [1.29, 1.82) is 0 Å². The van der Waals surface area contributed by atoms with E-state index in [1.54, 1.807) is 11.3 Å². The molecule has 0 aliphatic carbocycles. The number of urea groups is 1. The second-order valence-corrected chi connectivity index (χ2v) is 7.56. The van der Waals surface area contributed by atoms with Crippen molar-refractivity contribution in [3.8, 4) is 0 Å². The maximum absolute atomic E-state index is 12.3. The number of nitrogens with zero attached hydrogens (tertiary/aromatic N) is 1. The van der Waals surface area contributed by atoms with Crippen LogP contribution in [0.4, 0.5) is 10.5 Å². The molecule has 1 atom stereocenters. The fourth-order valence-corrected chi connectivity index (χ4v) is 4.17. The first-order valence-electron chi connectivity index (χ1n) is 8.66. The van der Waals surface area contributed by atoms with Crippen LogP contribution < -0.4 is 10.6 Å². The molecule has 0 spiro atoms. The van der Waals surface area contributed by atoms with Crippen LogP contribution in [-0.2, 0) is 6.54 Å². The van der Waals surface area contributed by atoms with E-state index in [1.165, 1.54) is 4.88 Å². The van der Waals surface area contributed by atoms with Gasteiger partial charge < -0.3 is 15.6 Å². The third-order valence-corrected chi connectivity index (χ3v) is 5.47. The number of carbonyl (C=O) groups is 1. The van der Waals surface area contributed by atoms with Gasteiger partial charge in [-0.25, -0.2) is 4.79 Å². The molecule has 130 valence electrons. The van der Waals surface area contributed by atoms with Gasteiger partial charge in [0.15, 0.2) is 0 Å². The molecule has 4 rings (SSSR count). The molecule has 0 radical (unpaired) electrons. The van der Waals surface area contributed by atoms with Crippen molar-refractivity contribution in [2.75, 3.05) is 18.4 Å². The molecule has 25 heavy (non-hydrogen) atoms. The highest BCUT2D eigenvalue weighted by Crippen LogP contribution is 2.19. The zero-order valence-corrected chi connectivity index (χ0v) is 14.8. The third-order valence-electron chi connectivity index (χ3n) is 4.61. The third kappa shape index (κ3) is 4.03. The highest BCUT2D eigenvalue weighted by molar-refractivity contribution is 7.09. The van der Waals surface area contributed by atoms with Gasteiger partial charge in [0, 0.05) is 46.8 Å². The fourth-order valence-electron chi connectivity index (χ4n) is 3.42. The van der Waals surface area contributed by atoms with Gasteiger partial charge in [0.2, 0.25) is 0 Å². The number of carbonyl (C=O) groups excluding carboxylic acids is 1. The summed E-state index contributed by atoms with van der Waals surface area (Å²) in [5, 5.41) is 9.28. The lowest BCUT2D eigenvalue weighted by Crippen LogP contribution is -2.48. The van der Waals surface area contributed by atoms with Crippen molar-refractivity contribution >= 4 is 34.0 Å². The van der Waals surface area contributed by atoms with Gasteiger partial charge >= 0.3 is 6.03 Å². The van der Waals surface area contributed by atoms with Gasteiger partial charge in [0.05, 0.1) is 0 Å². The molecule has 1 aliphatic rings. The van der Waals surface area contributed by atoms with Crippen molar-refractivity contribution in [1.82, 2.24) is 15.2 Å². The van der Waals surface area contributed by atoms with E-state index < -0.39 is 0 Å². The number of rotatable bonds is 4. The van der Waals surface area contributed by atoms with Crippen LogP contribution in [0.3, 0.4) is 0 Å². The Morgan fingerprint density at radius 3 is 3.16 bits per heavy atom. The molecule has 3 aromatic rings. The number of thiophene rings is 1. The Balaban J connectivity index is 1.32. The second-order valence-electron chi connectivity index (χ2n) is 6.53. The van der Waals surface area contributed by atoms with Gasteiger partial charge in [0.1, 0.15) is 0 Å². The summed E-state index contributed by atoms with van der Waals surface area (Å²) < 4.78 is 0. The number of anilines is 1. The highest BCUT2D eigenvalue weighted by Gasteiger charge is 2.21. The number of amides is 2. The summed E-state index contributed by atoms with van der Waals surface area (Å²) in [5.41, 5.74) is 1.89. The molecule has 1 aliphatic heterocycles. The minimum atomic E-state index is -0.127. The predicted octanol–water partition coefficient (Wildman–Crippen LogP) is 4.02. The molecular formula is C19H22N4OS. The molecule has 1 saturated heterocycles. The number of fused-ring (bicyclic) bond motifs is 1. The van der Waals surface area contributed by atoms with Gasteiger partial charge in [-0.05, 0) is 55.1 Å². The summed E-state index contributed by atoms with van der Waals surface area (Å²) in [7, 11) is 0. The number of piperidine rings is 1. The Hall–Kier alpha value is -2.31. The Morgan fingerprint density at radius 1 is 1.32 bits per heavy atom. The number of hydrogen-bond donors (Lipinski definition) is 3. The number of likely N-dealkylation sites (tertiary alicyclic amines) is 1. The average molecular weight is 354 g/mol. The van der Waals surface area contributed by atoms with E-state index in [4.69, 9.17) is 0 Å². The first-order valence-corrected chi connectivity index (χ1v) is 9.54. The maximum Gasteiger partial charge on any atom is 0.319 e. The molecule has 1 aromatic carbocycles. The van der Waals surface area contributed by atoms with Gasteiger partial charge in [-0.3, -0.25) is 4.90 Å². The number of aromatic nitrogens is 1. The van der Waals surface area contributed by atoms with E-state index in [2.05, 4.69) is 38.0 Å². The minimum absolute atomic E-state index is 0.127. The second kappa shape index (κ2) is 7.29. The molecule has 3 N–H and O–H groups in total. The maximum atomic E-state index is 12.3. The summed E-state index contributed by atoms with van der Waals surface area (Å²) in [4.78, 5) is 19.3. The monoisotopic (exact) mass is 354 g/mol. The molecule has 6 heteroatoms. The summed E-state index contributed by atoms with van der Waals surface area (Å²) in [6, 6.07) is 12.2. The molecule has 1 fully saturated rings. The Kier molecular flexibility index (Phi) is 4.72. The lowest BCUT2D eigenvalue weighted by Gasteiger charge is -2.32. The van der Waals surface area contributed by atoms with Crippen LogP contribution in [0.25, 0.3) is 10.9 Å². The van der Waals surface area contributed by atoms with Gasteiger partial charge in [-0.15, -0.1) is 11.3 Å². The van der Waals surface area contributed by atoms with Crippen molar-refractivity contribution in [2.24, 2.45) is 0 Å². The van der Waals surface area contributed by atoms with Crippen LogP contribution in [0.15, 0.2) is 48.0 Å². The van der Waals surface area contributed by atoms with Crippen LogP contribution in [0.5, 0.6) is 0 Å². The molecular weight excluding hydrogens is 332 g/mol. The summed E-state index contributed by atoms with van der Waals surface area (Å²) in [6.45, 7) is 2.98. The Morgan fingerprint density at radius 2 is 2.28 bits per heavy atom. The van der Waals surface area contributed by atoms with Crippen LogP contribution in [0.1, 0.15) is 17.7 Å². The highest BCUT2D eigenvalue weighted by atomic mass is 32.1. The average Bonchev–Trinajstić information content (AvgIpc) is 3.26. The molecule has 0 bridgehead atoms. The van der Waals surface area contributed by atoms with Crippen molar-refractivity contribution in [3.05, 3.63) is 52.9 Å². The fraction of sp³-hybridized carbons (Fsp3) is 0.316. The van der Waals surface area contributed by atoms with E-state index in [9.17, 15) is 4.79 Å². The number of hydrogen-bond acceptors (Lipinski definition) is 3. The standard InChI is InChI=1S/C19H22N4OS/c24-19(21-15-5-6-18-14(11-15)7-8-20-18)22-16-3-1-9-23(12-16)13-17-4-2-10-25-17/h2,4-8,10-11,16,20H,1,3,9,12-13H2,(H2,21,22,24). The molecule has 3 heterocycles. The molecule has 1 unspecified atom stereocenters. The first-order chi connectivity index (χ1) is 12.3. The molecule has 2 aromatic heterocycles. The summed E-state index contributed by atoms with van der Waals surface area (Å²) in [5.74, 6) is 0. The van der Waals surface area contributed by atoms with Crippen molar-refractivity contribution < 1.29 is 4.79 Å². The van der Waals surface area contributed by atoms with Crippen LogP contribution in [-0.4, -0.2) is 35.0 Å². The SMILES string of the molecule is O=C(Nc1ccc2[nH]ccc2c1)NC1CCCN(Cc2cccs2)C1. The number of aromatic amines is 1. The summed E-state index contributed by atoms with van der Waals surface area (Å²) in [6.07, 6.45) is 4.05. The van der Waals surface area contributed by atoms with Gasteiger partial charge in [-0.1, -0.05) is 6.07 Å². The molecule has 5 nitrogen and oxygen atoms in total. The lowest BCUT2D eigenvalue weighted by molar-refractivity contribution is 0.184. The van der Waals surface area contributed by atoms with Crippen molar-refractivity contribution in [2.45, 2.75) is 25.4 Å². The quantitative estimate of drug-likeness (QED) is 0.663. The first kappa shape index (κ1) is 16.2. The van der Waals surface area contributed by atoms with Gasteiger partial charge in [0.25, 0.3) is 0 Å². The topological polar surface area (TPSA) is 60.2 Å². The number of nitrogens with one attached hydrogen (secondary N) is 3. The van der Waals surface area contributed by atoms with Crippen LogP contribution in [0, 0.1) is 0 Å². The molecule has 2 amide bonds. The minimum Gasteiger partial charge on any atom is -0.361 e. The number of benzene rings is 1. The van der Waals surface area contributed by atoms with E-state index >= 15 is 0 Å². The van der Waals surface area contributed by atoms with E-state index in [-0.39, 0.29) is 12.1 Å². The van der Waals surface area contributed by atoms with Crippen molar-refractivity contribution in [3.63, 3.8) is 0 Å². The van der Waals surface area contributed by atoms with Crippen LogP contribution >= 0.6 is 11.3 Å². The molecule has 0 saturated carbocycles. The van der Waals surface area contributed by atoms with Crippen LogP contribution in [0.2, 0.25) is 0 Å². The Bertz CT molecular complexity index is 842. The van der Waals surface area contributed by atoms with E-state index in [1.807, 2.05) is 30.5 Å². The summed E-state index contributed by atoms with van der Waals surface area (Å²) >= 11 is 1.79. The zero-order valence-electron chi connectivity index (χ0n) is 14.0.